The van der Waals surface area contributed by atoms with Gasteiger partial charge in [0.05, 0.1) is 35.2 Å². The Kier molecular flexibility index (Phi) is 2.81. The maximum Gasteiger partial charge on any atom is 0.152 e. The summed E-state index contributed by atoms with van der Waals surface area (Å²) in [5.74, 6) is 0.418. The van der Waals surface area contributed by atoms with Crippen molar-refractivity contribution in [3.63, 3.8) is 0 Å². The van der Waals surface area contributed by atoms with Gasteiger partial charge in [0.1, 0.15) is 0 Å². The molecule has 7 heteroatoms. The number of sulfone groups is 2. The highest BCUT2D eigenvalue weighted by Gasteiger charge is 2.34. The molecule has 15 heavy (non-hydrogen) atoms. The lowest BCUT2D eigenvalue weighted by Gasteiger charge is -2.14. The summed E-state index contributed by atoms with van der Waals surface area (Å²) in [5.41, 5.74) is 0. The van der Waals surface area contributed by atoms with Crippen molar-refractivity contribution in [2.75, 3.05) is 23.0 Å². The highest BCUT2D eigenvalue weighted by atomic mass is 32.2. The summed E-state index contributed by atoms with van der Waals surface area (Å²) < 4.78 is 50.1. The Morgan fingerprint density at radius 3 is 1.47 bits per heavy atom. The third kappa shape index (κ3) is 2.92. The van der Waals surface area contributed by atoms with Crippen molar-refractivity contribution < 1.29 is 21.6 Å². The van der Waals surface area contributed by atoms with Gasteiger partial charge >= 0.3 is 0 Å². The molecule has 2 fully saturated rings. The van der Waals surface area contributed by atoms with Crippen LogP contribution in [0.1, 0.15) is 12.8 Å². The fraction of sp³-hybridized carbons (Fsp3) is 1.00. The Morgan fingerprint density at radius 1 is 0.800 bits per heavy atom. The summed E-state index contributed by atoms with van der Waals surface area (Å²) in [4.78, 5) is 0. The third-order valence-corrected chi connectivity index (χ3v) is 6.24. The Hall–Kier alpha value is -0.140. The van der Waals surface area contributed by atoms with Gasteiger partial charge in [-0.25, -0.2) is 16.8 Å². The molecule has 0 aromatic rings. The molecule has 2 aliphatic rings. The molecule has 0 N–H and O–H groups in total. The molecule has 2 rings (SSSR count). The normalized spacial score (nSPS) is 38.1. The van der Waals surface area contributed by atoms with Crippen LogP contribution in [0.4, 0.5) is 0 Å². The minimum Gasteiger partial charge on any atom is -0.373 e. The second kappa shape index (κ2) is 3.71. The molecule has 2 atom stereocenters. The molecule has 0 aromatic carbocycles. The van der Waals surface area contributed by atoms with Crippen molar-refractivity contribution in [2.24, 2.45) is 0 Å². The molecule has 2 aliphatic heterocycles. The van der Waals surface area contributed by atoms with Crippen LogP contribution in [0.25, 0.3) is 0 Å². The highest BCUT2D eigenvalue weighted by Crippen LogP contribution is 2.21. The SMILES string of the molecule is O=S1(=O)CCC(OC2CCS(=O)(=O)C2)C1. The first-order valence-electron chi connectivity index (χ1n) is 4.93. The molecule has 2 heterocycles. The van der Waals surface area contributed by atoms with Gasteiger partial charge in [0.15, 0.2) is 19.7 Å². The van der Waals surface area contributed by atoms with Gasteiger partial charge in [-0.2, -0.15) is 0 Å². The Morgan fingerprint density at radius 2 is 1.20 bits per heavy atom. The van der Waals surface area contributed by atoms with Gasteiger partial charge in [-0.3, -0.25) is 0 Å². The largest absolute Gasteiger partial charge is 0.373 e. The molecule has 0 aromatic heterocycles. The zero-order chi connectivity index (χ0) is 11.1. The molecule has 2 saturated heterocycles. The van der Waals surface area contributed by atoms with Crippen LogP contribution in [0.3, 0.4) is 0 Å². The van der Waals surface area contributed by atoms with Gasteiger partial charge in [0.2, 0.25) is 0 Å². The van der Waals surface area contributed by atoms with E-state index in [0.717, 1.165) is 0 Å². The first kappa shape index (κ1) is 11.3. The zero-order valence-corrected chi connectivity index (χ0v) is 9.89. The summed E-state index contributed by atoms with van der Waals surface area (Å²) in [6.07, 6.45) is 0.402. The first-order valence-corrected chi connectivity index (χ1v) is 8.57. The van der Waals surface area contributed by atoms with Crippen LogP contribution in [-0.4, -0.2) is 52.1 Å². The van der Waals surface area contributed by atoms with E-state index in [1.807, 2.05) is 0 Å². The van der Waals surface area contributed by atoms with Crippen molar-refractivity contribution in [1.82, 2.24) is 0 Å². The van der Waals surface area contributed by atoms with E-state index in [-0.39, 0.29) is 35.2 Å². The number of hydrogen-bond donors (Lipinski definition) is 0. The van der Waals surface area contributed by atoms with Gasteiger partial charge < -0.3 is 4.74 Å². The van der Waals surface area contributed by atoms with Crippen molar-refractivity contribution in [3.05, 3.63) is 0 Å². The smallest absolute Gasteiger partial charge is 0.152 e. The molecule has 0 amide bonds. The maximum absolute atomic E-state index is 11.1. The van der Waals surface area contributed by atoms with E-state index >= 15 is 0 Å². The molecule has 0 radical (unpaired) electrons. The van der Waals surface area contributed by atoms with Crippen LogP contribution < -0.4 is 0 Å². The van der Waals surface area contributed by atoms with Gasteiger partial charge in [-0.15, -0.1) is 0 Å². The van der Waals surface area contributed by atoms with E-state index in [4.69, 9.17) is 4.74 Å². The molecule has 88 valence electrons. The van der Waals surface area contributed by atoms with Gasteiger partial charge in [0.25, 0.3) is 0 Å². The van der Waals surface area contributed by atoms with Gasteiger partial charge in [-0.05, 0) is 12.8 Å². The van der Waals surface area contributed by atoms with E-state index in [1.165, 1.54) is 0 Å². The van der Waals surface area contributed by atoms with Crippen LogP contribution >= 0.6 is 0 Å². The lowest BCUT2D eigenvalue weighted by molar-refractivity contribution is 0.0171. The average Bonchev–Trinajstić information content (AvgIpc) is 2.56. The maximum atomic E-state index is 11.1. The second-order valence-electron chi connectivity index (χ2n) is 4.19. The zero-order valence-electron chi connectivity index (χ0n) is 8.26. The Balaban J connectivity index is 1.90. The summed E-state index contributed by atoms with van der Waals surface area (Å²) in [6, 6.07) is 0. The highest BCUT2D eigenvalue weighted by molar-refractivity contribution is 7.92. The minimum atomic E-state index is -2.94. The molecule has 2 unspecified atom stereocenters. The molecule has 0 bridgehead atoms. The third-order valence-electron chi connectivity index (χ3n) is 2.77. The number of hydrogen-bond acceptors (Lipinski definition) is 5. The summed E-state index contributed by atoms with van der Waals surface area (Å²) in [5, 5.41) is 0. The fourth-order valence-electron chi connectivity index (χ4n) is 2.01. The summed E-state index contributed by atoms with van der Waals surface area (Å²) >= 11 is 0. The van der Waals surface area contributed by atoms with E-state index in [0.29, 0.717) is 12.8 Å². The van der Waals surface area contributed by atoms with Crippen LogP contribution in [-0.2, 0) is 24.4 Å². The summed E-state index contributed by atoms with van der Waals surface area (Å²) in [6.45, 7) is 0. The minimum absolute atomic E-state index is 0.0452. The predicted molar refractivity (Wildman–Crippen MR) is 55.2 cm³/mol. The molecular formula is C8H14O5S2. The molecule has 0 saturated carbocycles. The second-order valence-corrected chi connectivity index (χ2v) is 8.64. The quantitative estimate of drug-likeness (QED) is 0.656. The van der Waals surface area contributed by atoms with Gasteiger partial charge in [-0.1, -0.05) is 0 Å². The summed E-state index contributed by atoms with van der Waals surface area (Å²) in [7, 11) is -5.88. The van der Waals surface area contributed by atoms with Gasteiger partial charge in [0, 0.05) is 0 Å². The Labute approximate surface area is 89.6 Å². The van der Waals surface area contributed by atoms with E-state index in [9.17, 15) is 16.8 Å². The Bertz CT molecular complexity index is 394. The van der Waals surface area contributed by atoms with Crippen molar-refractivity contribution in [3.8, 4) is 0 Å². The van der Waals surface area contributed by atoms with Crippen LogP contribution in [0, 0.1) is 0 Å². The lowest BCUT2D eigenvalue weighted by atomic mass is 10.3. The first-order chi connectivity index (χ1) is 6.86. The van der Waals surface area contributed by atoms with Crippen molar-refractivity contribution in [2.45, 2.75) is 25.0 Å². The molecular weight excluding hydrogens is 240 g/mol. The van der Waals surface area contributed by atoms with Crippen LogP contribution in [0.5, 0.6) is 0 Å². The predicted octanol–water partition coefficient (Wildman–Crippen LogP) is -0.623. The monoisotopic (exact) mass is 254 g/mol. The van der Waals surface area contributed by atoms with E-state index in [1.54, 1.807) is 0 Å². The van der Waals surface area contributed by atoms with E-state index < -0.39 is 19.7 Å². The molecule has 0 spiro atoms. The van der Waals surface area contributed by atoms with E-state index in [2.05, 4.69) is 0 Å². The average molecular weight is 254 g/mol. The lowest BCUT2D eigenvalue weighted by Crippen LogP contribution is -2.24. The number of ether oxygens (including phenoxy) is 1. The van der Waals surface area contributed by atoms with Crippen LogP contribution in [0.2, 0.25) is 0 Å². The molecule has 5 nitrogen and oxygen atoms in total. The van der Waals surface area contributed by atoms with Crippen molar-refractivity contribution >= 4 is 19.7 Å². The number of rotatable bonds is 2. The standard InChI is InChI=1S/C8H14O5S2/c9-14(10)3-1-7(5-14)13-8-2-4-15(11,12)6-8/h7-8H,1-6H2. The van der Waals surface area contributed by atoms with Crippen molar-refractivity contribution in [1.29, 1.82) is 0 Å². The fourth-order valence-corrected chi connectivity index (χ4v) is 5.21. The molecule has 0 aliphatic carbocycles. The van der Waals surface area contributed by atoms with Crippen LogP contribution in [0.15, 0.2) is 0 Å². The topological polar surface area (TPSA) is 77.5 Å².